The van der Waals surface area contributed by atoms with Gasteiger partial charge >= 0.3 is 0 Å². The van der Waals surface area contributed by atoms with Crippen molar-refractivity contribution < 1.29 is 19.4 Å². The van der Waals surface area contributed by atoms with E-state index in [-0.39, 0.29) is 11.7 Å². The first-order valence-electron chi connectivity index (χ1n) is 9.41. The van der Waals surface area contributed by atoms with Crippen LogP contribution in [0.15, 0.2) is 66.7 Å². The molecule has 3 aromatic rings. The molecule has 0 saturated heterocycles. The normalized spacial score (nSPS) is 15.4. The van der Waals surface area contributed by atoms with Crippen molar-refractivity contribution in [1.29, 1.82) is 0 Å². The van der Waals surface area contributed by atoms with E-state index in [9.17, 15) is 9.90 Å². The van der Waals surface area contributed by atoms with Gasteiger partial charge in [0.2, 0.25) is 0 Å². The van der Waals surface area contributed by atoms with Gasteiger partial charge in [0.15, 0.2) is 11.5 Å². The van der Waals surface area contributed by atoms with Crippen LogP contribution in [0.25, 0.3) is 0 Å². The third-order valence-corrected chi connectivity index (χ3v) is 4.88. The Morgan fingerprint density at radius 3 is 2.55 bits per heavy atom. The number of phenols is 1. The largest absolute Gasteiger partial charge is 0.504 e. The molecule has 2 N–H and O–H groups in total. The number of benzene rings is 3. The Kier molecular flexibility index (Phi) is 4.99. The number of methoxy groups -OCH3 is 1. The van der Waals surface area contributed by atoms with Gasteiger partial charge in [-0.15, -0.1) is 0 Å². The minimum Gasteiger partial charge on any atom is -0.504 e. The molecule has 1 aliphatic heterocycles. The molecule has 0 fully saturated rings. The van der Waals surface area contributed by atoms with Crippen molar-refractivity contribution in [2.24, 2.45) is 0 Å². The number of aromatic hydroxyl groups is 1. The van der Waals surface area contributed by atoms with Gasteiger partial charge in [-0.2, -0.15) is 0 Å². The number of carbonyl (C=O) groups is 1. The molecular weight excluding hydrogens is 368 g/mol. The van der Waals surface area contributed by atoms with Gasteiger partial charge in [-0.1, -0.05) is 18.2 Å². The summed E-state index contributed by atoms with van der Waals surface area (Å²) in [4.78, 5) is 15.1. The van der Waals surface area contributed by atoms with Gasteiger partial charge in [-0.3, -0.25) is 9.69 Å². The molecule has 29 heavy (non-hydrogen) atoms. The fraction of sp³-hybridized carbons (Fsp3) is 0.174. The maximum atomic E-state index is 13.4. The van der Waals surface area contributed by atoms with E-state index in [1.807, 2.05) is 49.4 Å². The highest BCUT2D eigenvalue weighted by Crippen LogP contribution is 2.39. The number of nitrogens with one attached hydrogen (secondary N) is 1. The lowest BCUT2D eigenvalue weighted by Crippen LogP contribution is -2.43. The second-order valence-electron chi connectivity index (χ2n) is 6.63. The van der Waals surface area contributed by atoms with Gasteiger partial charge in [0.05, 0.1) is 19.3 Å². The van der Waals surface area contributed by atoms with E-state index in [2.05, 4.69) is 5.32 Å². The molecule has 0 radical (unpaired) electrons. The van der Waals surface area contributed by atoms with Gasteiger partial charge < -0.3 is 19.9 Å². The predicted octanol–water partition coefficient (Wildman–Crippen LogP) is 4.57. The molecule has 0 aromatic heterocycles. The molecule has 1 heterocycles. The van der Waals surface area contributed by atoms with Gasteiger partial charge in [0.1, 0.15) is 11.9 Å². The molecule has 0 aliphatic carbocycles. The van der Waals surface area contributed by atoms with E-state index >= 15 is 0 Å². The van der Waals surface area contributed by atoms with Crippen molar-refractivity contribution in [3.63, 3.8) is 0 Å². The number of ether oxygens (including phenoxy) is 2. The highest BCUT2D eigenvalue weighted by atomic mass is 16.5. The number of anilines is 2. The maximum Gasteiger partial charge on any atom is 0.262 e. The van der Waals surface area contributed by atoms with Crippen molar-refractivity contribution in [3.05, 3.63) is 77.9 Å². The highest BCUT2D eigenvalue weighted by Gasteiger charge is 2.34. The molecule has 0 spiro atoms. The Morgan fingerprint density at radius 2 is 1.83 bits per heavy atom. The van der Waals surface area contributed by atoms with E-state index in [4.69, 9.17) is 9.47 Å². The summed E-state index contributed by atoms with van der Waals surface area (Å²) in [5, 5.41) is 13.5. The molecule has 1 amide bonds. The van der Waals surface area contributed by atoms with Crippen molar-refractivity contribution in [3.8, 4) is 17.2 Å². The van der Waals surface area contributed by atoms with Crippen LogP contribution in [-0.2, 0) is 0 Å². The van der Waals surface area contributed by atoms with Crippen molar-refractivity contribution >= 4 is 17.3 Å². The summed E-state index contributed by atoms with van der Waals surface area (Å²) in [6.07, 6.45) is -0.467. The van der Waals surface area contributed by atoms with Crippen LogP contribution in [-0.4, -0.2) is 24.7 Å². The summed E-state index contributed by atoms with van der Waals surface area (Å²) in [6.45, 7) is 2.29. The number of para-hydroxylation sites is 1. The molecule has 6 nitrogen and oxygen atoms in total. The third-order valence-electron chi connectivity index (χ3n) is 4.88. The lowest BCUT2D eigenvalue weighted by molar-refractivity contribution is 0.0975. The quantitative estimate of drug-likeness (QED) is 0.668. The minimum absolute atomic E-state index is 0.0640. The van der Waals surface area contributed by atoms with E-state index < -0.39 is 6.17 Å². The zero-order valence-corrected chi connectivity index (χ0v) is 16.3. The average Bonchev–Trinajstić information content (AvgIpc) is 2.75. The van der Waals surface area contributed by atoms with E-state index in [0.29, 0.717) is 23.7 Å². The van der Waals surface area contributed by atoms with Crippen LogP contribution in [0.5, 0.6) is 17.2 Å². The van der Waals surface area contributed by atoms with Gasteiger partial charge in [0, 0.05) is 11.4 Å². The van der Waals surface area contributed by atoms with Gasteiger partial charge in [-0.25, -0.2) is 0 Å². The van der Waals surface area contributed by atoms with Crippen LogP contribution in [0.3, 0.4) is 0 Å². The van der Waals surface area contributed by atoms with Gasteiger partial charge in [0.25, 0.3) is 5.91 Å². The summed E-state index contributed by atoms with van der Waals surface area (Å²) in [6, 6.07) is 19.9. The van der Waals surface area contributed by atoms with E-state index in [0.717, 1.165) is 16.9 Å². The van der Waals surface area contributed by atoms with Crippen molar-refractivity contribution in [2.75, 3.05) is 23.9 Å². The Hall–Kier alpha value is -3.67. The zero-order valence-electron chi connectivity index (χ0n) is 16.3. The fourth-order valence-electron chi connectivity index (χ4n) is 3.47. The molecule has 3 aromatic carbocycles. The molecule has 0 bridgehead atoms. The smallest absolute Gasteiger partial charge is 0.262 e. The number of rotatable bonds is 5. The zero-order chi connectivity index (χ0) is 20.4. The highest BCUT2D eigenvalue weighted by molar-refractivity contribution is 6.12. The second-order valence-corrected chi connectivity index (χ2v) is 6.63. The predicted molar refractivity (Wildman–Crippen MR) is 112 cm³/mol. The molecule has 0 unspecified atom stereocenters. The van der Waals surface area contributed by atoms with Crippen LogP contribution in [0.2, 0.25) is 0 Å². The maximum absolute atomic E-state index is 13.4. The average molecular weight is 390 g/mol. The Balaban J connectivity index is 1.82. The van der Waals surface area contributed by atoms with E-state index in [1.165, 1.54) is 0 Å². The summed E-state index contributed by atoms with van der Waals surface area (Å²) in [7, 11) is 1.60. The SMILES string of the molecule is CCOc1cc([C@H]2Nc3ccccc3C(=O)N2c2ccc(OC)cc2)ccc1O. The molecule has 4 rings (SSSR count). The van der Waals surface area contributed by atoms with Crippen LogP contribution < -0.4 is 19.7 Å². The Bertz CT molecular complexity index is 1030. The summed E-state index contributed by atoms with van der Waals surface area (Å²) < 4.78 is 10.8. The van der Waals surface area contributed by atoms with Crippen molar-refractivity contribution in [1.82, 2.24) is 0 Å². The topological polar surface area (TPSA) is 71.0 Å². The lowest BCUT2D eigenvalue weighted by atomic mass is 10.0. The van der Waals surface area contributed by atoms with Crippen LogP contribution in [0, 0.1) is 0 Å². The number of phenolic OH excluding ortho intramolecular Hbond substituents is 1. The first kappa shape index (κ1) is 18.7. The van der Waals surface area contributed by atoms with E-state index in [1.54, 1.807) is 36.3 Å². The molecular formula is C23H22N2O4. The second kappa shape index (κ2) is 7.75. The van der Waals surface area contributed by atoms with Crippen LogP contribution in [0.4, 0.5) is 11.4 Å². The monoisotopic (exact) mass is 390 g/mol. The Labute approximate surface area is 169 Å². The molecule has 6 heteroatoms. The number of hydrogen-bond acceptors (Lipinski definition) is 5. The van der Waals surface area contributed by atoms with Crippen LogP contribution in [0.1, 0.15) is 29.0 Å². The number of fused-ring (bicyclic) bond motifs is 1. The molecule has 1 atom stereocenters. The summed E-state index contributed by atoms with van der Waals surface area (Å²) in [5.41, 5.74) is 2.89. The molecule has 148 valence electrons. The van der Waals surface area contributed by atoms with Crippen molar-refractivity contribution in [2.45, 2.75) is 13.1 Å². The third kappa shape index (κ3) is 3.45. The molecule has 0 saturated carbocycles. The number of amides is 1. The summed E-state index contributed by atoms with van der Waals surface area (Å²) in [5.74, 6) is 1.05. The van der Waals surface area contributed by atoms with Gasteiger partial charge in [-0.05, 0) is 61.0 Å². The lowest BCUT2D eigenvalue weighted by Gasteiger charge is -2.38. The molecule has 1 aliphatic rings. The first-order valence-corrected chi connectivity index (χ1v) is 9.41. The standard InChI is InChI=1S/C23H22N2O4/c1-3-29-21-14-15(8-13-20(21)26)22-24-19-7-5-4-6-18(19)23(27)25(22)16-9-11-17(28-2)12-10-16/h4-14,22,24,26H,3H2,1-2H3/t22-/m0/s1. The Morgan fingerprint density at radius 1 is 1.07 bits per heavy atom. The van der Waals surface area contributed by atoms with Crippen LogP contribution >= 0.6 is 0 Å². The number of nitrogens with zero attached hydrogens (tertiary/aromatic N) is 1. The first-order chi connectivity index (χ1) is 14.1. The summed E-state index contributed by atoms with van der Waals surface area (Å²) >= 11 is 0. The fourth-order valence-corrected chi connectivity index (χ4v) is 3.47. The minimum atomic E-state index is -0.467. The number of carbonyl (C=O) groups excluding carboxylic acids is 1. The number of hydrogen-bond donors (Lipinski definition) is 2.